The number of rotatable bonds is 2. The van der Waals surface area contributed by atoms with E-state index in [-0.39, 0.29) is 0 Å². The lowest BCUT2D eigenvalue weighted by Gasteiger charge is -2.16. The van der Waals surface area contributed by atoms with Gasteiger partial charge in [0.2, 0.25) is 0 Å². The second-order valence-corrected chi connectivity index (χ2v) is 4.37. The fourth-order valence-electron chi connectivity index (χ4n) is 2.51. The zero-order valence-corrected chi connectivity index (χ0v) is 9.06. The van der Waals surface area contributed by atoms with Crippen molar-refractivity contribution in [1.29, 1.82) is 0 Å². The Bertz CT molecular complexity index is 345. The standard InChI is InChI=1S/C13H17NO/c1-10-6-5-9-12(10)13(14-15)11-7-3-2-4-8-11/h2-4,7-8,10,12,15H,5-6,9H2,1H3/b14-13-/t10-,12+/m0/s1. The fraction of sp³-hybridized carbons (Fsp3) is 0.462. The predicted octanol–water partition coefficient (Wildman–Crippen LogP) is 3.30. The first-order chi connectivity index (χ1) is 7.33. The van der Waals surface area contributed by atoms with Gasteiger partial charge in [0, 0.05) is 5.92 Å². The second-order valence-electron chi connectivity index (χ2n) is 4.37. The highest BCUT2D eigenvalue weighted by atomic mass is 16.4. The van der Waals surface area contributed by atoms with Crippen molar-refractivity contribution in [1.82, 2.24) is 0 Å². The summed E-state index contributed by atoms with van der Waals surface area (Å²) in [7, 11) is 0. The molecule has 1 N–H and O–H groups in total. The highest BCUT2D eigenvalue weighted by molar-refractivity contribution is 6.02. The molecule has 1 aromatic carbocycles. The van der Waals surface area contributed by atoms with Crippen LogP contribution in [0.5, 0.6) is 0 Å². The van der Waals surface area contributed by atoms with Gasteiger partial charge in [-0.05, 0) is 17.9 Å². The van der Waals surface area contributed by atoms with Crippen molar-refractivity contribution in [3.63, 3.8) is 0 Å². The van der Waals surface area contributed by atoms with Crippen LogP contribution in [-0.4, -0.2) is 10.9 Å². The van der Waals surface area contributed by atoms with Crippen LogP contribution in [-0.2, 0) is 0 Å². The lowest BCUT2D eigenvalue weighted by atomic mass is 9.89. The minimum absolute atomic E-state index is 0.428. The van der Waals surface area contributed by atoms with E-state index in [1.54, 1.807) is 0 Å². The minimum atomic E-state index is 0.428. The van der Waals surface area contributed by atoms with Gasteiger partial charge in [-0.15, -0.1) is 0 Å². The molecular formula is C13H17NO. The molecule has 0 amide bonds. The summed E-state index contributed by atoms with van der Waals surface area (Å²) >= 11 is 0. The van der Waals surface area contributed by atoms with Gasteiger partial charge in [0.05, 0.1) is 5.71 Å². The monoisotopic (exact) mass is 203 g/mol. The van der Waals surface area contributed by atoms with Gasteiger partial charge in [0.15, 0.2) is 0 Å². The number of hydrogen-bond donors (Lipinski definition) is 1. The van der Waals surface area contributed by atoms with E-state index in [1.807, 2.05) is 30.3 Å². The molecule has 15 heavy (non-hydrogen) atoms. The molecule has 80 valence electrons. The average Bonchev–Trinajstić information content (AvgIpc) is 2.68. The molecule has 0 aromatic heterocycles. The van der Waals surface area contributed by atoms with Crippen LogP contribution in [0.3, 0.4) is 0 Å². The molecule has 1 aliphatic rings. The lowest BCUT2D eigenvalue weighted by molar-refractivity contribution is 0.313. The first-order valence-electron chi connectivity index (χ1n) is 5.60. The maximum absolute atomic E-state index is 9.15. The molecule has 2 heteroatoms. The Hall–Kier alpha value is -1.31. The number of nitrogens with zero attached hydrogens (tertiary/aromatic N) is 1. The second kappa shape index (κ2) is 4.47. The van der Waals surface area contributed by atoms with Crippen LogP contribution in [0.2, 0.25) is 0 Å². The van der Waals surface area contributed by atoms with Gasteiger partial charge in [0.1, 0.15) is 0 Å². The van der Waals surface area contributed by atoms with Gasteiger partial charge < -0.3 is 5.21 Å². The van der Waals surface area contributed by atoms with E-state index < -0.39 is 0 Å². The van der Waals surface area contributed by atoms with E-state index in [0.29, 0.717) is 11.8 Å². The van der Waals surface area contributed by atoms with E-state index in [2.05, 4.69) is 12.1 Å². The van der Waals surface area contributed by atoms with Crippen LogP contribution in [0.15, 0.2) is 35.5 Å². The summed E-state index contributed by atoms with van der Waals surface area (Å²) < 4.78 is 0. The van der Waals surface area contributed by atoms with E-state index in [0.717, 1.165) is 17.7 Å². The maximum atomic E-state index is 9.15. The quantitative estimate of drug-likeness (QED) is 0.446. The van der Waals surface area contributed by atoms with Crippen LogP contribution in [0.4, 0.5) is 0 Å². The summed E-state index contributed by atoms with van der Waals surface area (Å²) in [6, 6.07) is 9.98. The molecule has 0 spiro atoms. The van der Waals surface area contributed by atoms with Crippen molar-refractivity contribution in [2.24, 2.45) is 17.0 Å². The van der Waals surface area contributed by atoms with E-state index >= 15 is 0 Å². The highest BCUT2D eigenvalue weighted by Crippen LogP contribution is 2.34. The Kier molecular flexibility index (Phi) is 3.05. The predicted molar refractivity (Wildman–Crippen MR) is 61.3 cm³/mol. The average molecular weight is 203 g/mol. The molecule has 1 fully saturated rings. The Morgan fingerprint density at radius 1 is 1.27 bits per heavy atom. The topological polar surface area (TPSA) is 32.6 Å². The first-order valence-corrected chi connectivity index (χ1v) is 5.60. The summed E-state index contributed by atoms with van der Waals surface area (Å²) in [6.07, 6.45) is 3.64. The Balaban J connectivity index is 2.26. The van der Waals surface area contributed by atoms with Crippen LogP contribution < -0.4 is 0 Å². The molecule has 0 saturated heterocycles. The molecule has 0 aliphatic heterocycles. The van der Waals surface area contributed by atoms with Crippen molar-refractivity contribution < 1.29 is 5.21 Å². The van der Waals surface area contributed by atoms with E-state index in [4.69, 9.17) is 5.21 Å². The molecule has 0 unspecified atom stereocenters. The normalized spacial score (nSPS) is 26.9. The Labute approximate surface area is 90.6 Å². The van der Waals surface area contributed by atoms with Gasteiger partial charge >= 0.3 is 0 Å². The summed E-state index contributed by atoms with van der Waals surface area (Å²) in [5.74, 6) is 1.06. The highest BCUT2D eigenvalue weighted by Gasteiger charge is 2.28. The summed E-state index contributed by atoms with van der Waals surface area (Å²) in [5, 5.41) is 12.7. The third-order valence-corrected chi connectivity index (χ3v) is 3.39. The van der Waals surface area contributed by atoms with E-state index in [1.165, 1.54) is 12.8 Å². The summed E-state index contributed by atoms with van der Waals surface area (Å²) in [6.45, 7) is 2.24. The fourth-order valence-corrected chi connectivity index (χ4v) is 2.51. The molecule has 1 aliphatic carbocycles. The van der Waals surface area contributed by atoms with Crippen molar-refractivity contribution in [2.75, 3.05) is 0 Å². The van der Waals surface area contributed by atoms with Crippen LogP contribution in [0.25, 0.3) is 0 Å². The van der Waals surface area contributed by atoms with Crippen LogP contribution >= 0.6 is 0 Å². The molecule has 0 heterocycles. The number of oxime groups is 1. The zero-order valence-electron chi connectivity index (χ0n) is 9.06. The van der Waals surface area contributed by atoms with Gasteiger partial charge in [-0.3, -0.25) is 0 Å². The molecule has 2 nitrogen and oxygen atoms in total. The minimum Gasteiger partial charge on any atom is -0.411 e. The largest absolute Gasteiger partial charge is 0.411 e. The van der Waals surface area contributed by atoms with Crippen LogP contribution in [0.1, 0.15) is 31.7 Å². The first kappa shape index (κ1) is 10.2. The lowest BCUT2D eigenvalue weighted by Crippen LogP contribution is -2.18. The SMILES string of the molecule is C[C@H]1CCC[C@H]1/C(=N\O)c1ccccc1. The van der Waals surface area contributed by atoms with Crippen molar-refractivity contribution in [3.05, 3.63) is 35.9 Å². The smallest absolute Gasteiger partial charge is 0.0901 e. The third kappa shape index (κ3) is 2.04. The van der Waals surface area contributed by atoms with Crippen molar-refractivity contribution >= 4 is 5.71 Å². The Morgan fingerprint density at radius 2 is 2.00 bits per heavy atom. The third-order valence-electron chi connectivity index (χ3n) is 3.39. The van der Waals surface area contributed by atoms with Gasteiger partial charge in [-0.1, -0.05) is 55.3 Å². The zero-order chi connectivity index (χ0) is 10.7. The van der Waals surface area contributed by atoms with Gasteiger partial charge in [-0.25, -0.2) is 0 Å². The molecule has 0 radical (unpaired) electrons. The van der Waals surface area contributed by atoms with Crippen molar-refractivity contribution in [3.8, 4) is 0 Å². The summed E-state index contributed by atoms with van der Waals surface area (Å²) in [5.41, 5.74) is 1.92. The van der Waals surface area contributed by atoms with Gasteiger partial charge in [-0.2, -0.15) is 0 Å². The van der Waals surface area contributed by atoms with Crippen LogP contribution in [0, 0.1) is 11.8 Å². The Morgan fingerprint density at radius 3 is 2.53 bits per heavy atom. The molecule has 0 bridgehead atoms. The number of benzene rings is 1. The number of hydrogen-bond acceptors (Lipinski definition) is 2. The summed E-state index contributed by atoms with van der Waals surface area (Å²) in [4.78, 5) is 0. The van der Waals surface area contributed by atoms with E-state index in [9.17, 15) is 0 Å². The molecule has 1 aromatic rings. The molecular weight excluding hydrogens is 186 g/mol. The molecule has 2 atom stereocenters. The van der Waals surface area contributed by atoms with Gasteiger partial charge in [0.25, 0.3) is 0 Å². The molecule has 2 rings (SSSR count). The van der Waals surface area contributed by atoms with Crippen molar-refractivity contribution in [2.45, 2.75) is 26.2 Å². The maximum Gasteiger partial charge on any atom is 0.0901 e. The molecule has 1 saturated carbocycles.